The number of amides is 1. The third-order valence-electron chi connectivity index (χ3n) is 5.69. The Morgan fingerprint density at radius 2 is 2.18 bits per heavy atom. The molecule has 2 N–H and O–H groups in total. The molecule has 1 fully saturated rings. The molecule has 0 aliphatic carbocycles. The Bertz CT molecular complexity index is 1380. The van der Waals surface area contributed by atoms with Crippen molar-refractivity contribution in [3.05, 3.63) is 76.0 Å². The second-order valence-electron chi connectivity index (χ2n) is 8.17. The smallest absolute Gasteiger partial charge is 0.267 e. The quantitative estimate of drug-likeness (QED) is 0.440. The number of fused-ring (bicyclic) bond motifs is 2. The van der Waals surface area contributed by atoms with Crippen molar-refractivity contribution in [2.75, 3.05) is 18.5 Å². The maximum absolute atomic E-state index is 13.2. The van der Waals surface area contributed by atoms with E-state index in [0.717, 1.165) is 30.6 Å². The van der Waals surface area contributed by atoms with Crippen LogP contribution in [-0.4, -0.2) is 44.5 Å². The maximum atomic E-state index is 13.2. The number of hydrogen-bond acceptors (Lipinski definition) is 7. The van der Waals surface area contributed by atoms with Crippen LogP contribution in [0.3, 0.4) is 0 Å². The third-order valence-corrected chi connectivity index (χ3v) is 5.69. The molecule has 0 aromatic carbocycles. The third kappa shape index (κ3) is 4.40. The van der Waals surface area contributed by atoms with E-state index in [0.29, 0.717) is 30.2 Å². The van der Waals surface area contributed by atoms with Gasteiger partial charge in [-0.2, -0.15) is 0 Å². The molecule has 1 atom stereocenters. The lowest BCUT2D eigenvalue weighted by Crippen LogP contribution is -2.27. The molecular formula is C24H24N6O3. The summed E-state index contributed by atoms with van der Waals surface area (Å²) in [6.07, 6.45) is 7.13. The molecule has 1 unspecified atom stereocenters. The predicted molar refractivity (Wildman–Crippen MR) is 124 cm³/mol. The normalized spacial score (nSPS) is 15.7. The Balaban J connectivity index is 1.54. The average Bonchev–Trinajstić information content (AvgIpc) is 3.36. The molecule has 1 aliphatic rings. The summed E-state index contributed by atoms with van der Waals surface area (Å²) in [5.41, 5.74) is 2.63. The fourth-order valence-corrected chi connectivity index (χ4v) is 3.94. The first kappa shape index (κ1) is 21.0. The Morgan fingerprint density at radius 1 is 1.27 bits per heavy atom. The number of rotatable bonds is 6. The van der Waals surface area contributed by atoms with Crippen LogP contribution in [0, 0.1) is 6.92 Å². The van der Waals surface area contributed by atoms with Gasteiger partial charge in [0, 0.05) is 38.3 Å². The van der Waals surface area contributed by atoms with Crippen LogP contribution in [0.4, 0.5) is 5.82 Å². The molecule has 0 saturated carbocycles. The van der Waals surface area contributed by atoms with E-state index < -0.39 is 0 Å². The molecular weight excluding hydrogens is 420 g/mol. The van der Waals surface area contributed by atoms with Gasteiger partial charge in [0.2, 0.25) is 0 Å². The van der Waals surface area contributed by atoms with Gasteiger partial charge in [-0.1, -0.05) is 12.1 Å². The van der Waals surface area contributed by atoms with Crippen LogP contribution in [-0.2, 0) is 11.3 Å². The van der Waals surface area contributed by atoms with E-state index in [2.05, 4.69) is 25.6 Å². The van der Waals surface area contributed by atoms with E-state index in [1.54, 1.807) is 30.7 Å². The Hall–Kier alpha value is -3.85. The van der Waals surface area contributed by atoms with Gasteiger partial charge in [0.15, 0.2) is 5.65 Å². The lowest BCUT2D eigenvalue weighted by molar-refractivity contribution is 0.0951. The van der Waals surface area contributed by atoms with Crippen molar-refractivity contribution in [2.45, 2.75) is 32.4 Å². The predicted octanol–water partition coefficient (Wildman–Crippen LogP) is 2.47. The summed E-state index contributed by atoms with van der Waals surface area (Å²) in [6, 6.07) is 8.94. The Labute approximate surface area is 189 Å². The Morgan fingerprint density at radius 3 is 2.97 bits per heavy atom. The van der Waals surface area contributed by atoms with Crippen LogP contribution in [0.15, 0.2) is 53.7 Å². The minimum Gasteiger partial charge on any atom is -0.376 e. The molecule has 5 rings (SSSR count). The number of anilines is 1. The van der Waals surface area contributed by atoms with E-state index in [-0.39, 0.29) is 28.5 Å². The number of pyridine rings is 3. The van der Waals surface area contributed by atoms with E-state index in [9.17, 15) is 9.59 Å². The van der Waals surface area contributed by atoms with Crippen molar-refractivity contribution in [1.29, 1.82) is 0 Å². The van der Waals surface area contributed by atoms with Gasteiger partial charge in [-0.15, -0.1) is 0 Å². The molecule has 0 spiro atoms. The van der Waals surface area contributed by atoms with E-state index in [1.165, 1.54) is 4.40 Å². The summed E-state index contributed by atoms with van der Waals surface area (Å²) in [4.78, 5) is 39.5. The number of carbonyl (C=O) groups is 1. The largest absolute Gasteiger partial charge is 0.376 e. The number of carbonyl (C=O) groups excluding carboxylic acids is 1. The zero-order chi connectivity index (χ0) is 22.8. The lowest BCUT2D eigenvalue weighted by atomic mass is 10.1. The molecule has 0 bridgehead atoms. The molecule has 9 heteroatoms. The molecule has 1 aliphatic heterocycles. The lowest BCUT2D eigenvalue weighted by Gasteiger charge is -2.15. The van der Waals surface area contributed by atoms with Gasteiger partial charge < -0.3 is 15.4 Å². The fourth-order valence-electron chi connectivity index (χ4n) is 3.94. The van der Waals surface area contributed by atoms with Crippen molar-refractivity contribution in [1.82, 2.24) is 24.7 Å². The SMILES string of the molecule is Cc1ccc2nc3nc(NCC4CCCO4)c(C(=O)NCc4cccnc4)cc3c(=O)n2c1. The van der Waals surface area contributed by atoms with Gasteiger partial charge in [-0.3, -0.25) is 19.0 Å². The summed E-state index contributed by atoms with van der Waals surface area (Å²) in [5.74, 6) is 0.0434. The number of ether oxygens (including phenoxy) is 1. The molecule has 4 aromatic rings. The van der Waals surface area contributed by atoms with Crippen LogP contribution < -0.4 is 16.2 Å². The highest BCUT2D eigenvalue weighted by Crippen LogP contribution is 2.20. The van der Waals surface area contributed by atoms with Crippen LogP contribution in [0.2, 0.25) is 0 Å². The van der Waals surface area contributed by atoms with Crippen LogP contribution >= 0.6 is 0 Å². The first-order valence-electron chi connectivity index (χ1n) is 10.9. The second kappa shape index (κ2) is 8.95. The molecule has 4 aromatic heterocycles. The zero-order valence-electron chi connectivity index (χ0n) is 18.2. The summed E-state index contributed by atoms with van der Waals surface area (Å²) in [6.45, 7) is 3.47. The monoisotopic (exact) mass is 444 g/mol. The maximum Gasteiger partial charge on any atom is 0.267 e. The van der Waals surface area contributed by atoms with Gasteiger partial charge in [0.25, 0.3) is 11.5 Å². The molecule has 1 amide bonds. The molecule has 168 valence electrons. The van der Waals surface area contributed by atoms with Crippen LogP contribution in [0.5, 0.6) is 0 Å². The van der Waals surface area contributed by atoms with Crippen LogP contribution in [0.1, 0.15) is 34.3 Å². The number of nitrogens with one attached hydrogen (secondary N) is 2. The first-order valence-corrected chi connectivity index (χ1v) is 10.9. The molecule has 9 nitrogen and oxygen atoms in total. The van der Waals surface area contributed by atoms with E-state index in [1.807, 2.05) is 25.1 Å². The number of nitrogens with zero attached hydrogens (tertiary/aromatic N) is 4. The highest BCUT2D eigenvalue weighted by Gasteiger charge is 2.20. The summed E-state index contributed by atoms with van der Waals surface area (Å²) < 4.78 is 7.17. The minimum absolute atomic E-state index is 0.0620. The second-order valence-corrected chi connectivity index (χ2v) is 8.17. The summed E-state index contributed by atoms with van der Waals surface area (Å²) in [7, 11) is 0. The highest BCUT2D eigenvalue weighted by molar-refractivity contribution is 6.01. The van der Waals surface area contributed by atoms with E-state index >= 15 is 0 Å². The fraction of sp³-hybridized carbons (Fsp3) is 0.292. The zero-order valence-corrected chi connectivity index (χ0v) is 18.2. The minimum atomic E-state index is -0.336. The average molecular weight is 444 g/mol. The number of aryl methyl sites for hydroxylation is 1. The van der Waals surface area contributed by atoms with Gasteiger partial charge in [-0.25, -0.2) is 9.97 Å². The van der Waals surface area contributed by atoms with Crippen molar-refractivity contribution in [2.24, 2.45) is 0 Å². The van der Waals surface area contributed by atoms with Gasteiger partial charge in [0.05, 0.1) is 17.1 Å². The van der Waals surface area contributed by atoms with Gasteiger partial charge in [0.1, 0.15) is 11.5 Å². The molecule has 33 heavy (non-hydrogen) atoms. The highest BCUT2D eigenvalue weighted by atomic mass is 16.5. The van der Waals surface area contributed by atoms with Gasteiger partial charge >= 0.3 is 0 Å². The molecule has 5 heterocycles. The van der Waals surface area contributed by atoms with Gasteiger partial charge in [-0.05, 0) is 49.1 Å². The van der Waals surface area contributed by atoms with E-state index in [4.69, 9.17) is 4.74 Å². The van der Waals surface area contributed by atoms with Crippen molar-refractivity contribution < 1.29 is 9.53 Å². The standard InChI is InChI=1S/C24H24N6O3/c1-15-6-7-20-28-22-19(24(32)30(20)14-15)10-18(21(29-22)26-13-17-5-3-9-33-17)23(31)27-12-16-4-2-8-25-11-16/h2,4,6-8,10-11,14,17H,3,5,9,12-13H2,1H3,(H,26,29)(H,27,31). The first-order chi connectivity index (χ1) is 16.1. The number of hydrogen-bond donors (Lipinski definition) is 2. The topological polar surface area (TPSA) is 111 Å². The van der Waals surface area contributed by atoms with Crippen molar-refractivity contribution in [3.8, 4) is 0 Å². The molecule has 0 radical (unpaired) electrons. The van der Waals surface area contributed by atoms with Crippen LogP contribution in [0.25, 0.3) is 16.7 Å². The number of aromatic nitrogens is 4. The van der Waals surface area contributed by atoms with Crippen molar-refractivity contribution in [3.63, 3.8) is 0 Å². The summed E-state index contributed by atoms with van der Waals surface area (Å²) in [5, 5.41) is 6.42. The molecule has 1 saturated heterocycles. The summed E-state index contributed by atoms with van der Waals surface area (Å²) >= 11 is 0. The Kier molecular flexibility index (Phi) is 5.70. The van der Waals surface area contributed by atoms with Crippen molar-refractivity contribution >= 4 is 28.4 Å².